The lowest BCUT2D eigenvalue weighted by Gasteiger charge is -2.35. The van der Waals surface area contributed by atoms with Crippen LogP contribution in [0.1, 0.15) is 28.8 Å². The van der Waals surface area contributed by atoms with Crippen molar-refractivity contribution < 1.29 is 23.8 Å². The Morgan fingerprint density at radius 1 is 1.19 bits per heavy atom. The molecule has 0 saturated heterocycles. The van der Waals surface area contributed by atoms with E-state index in [9.17, 15) is 19.1 Å². The van der Waals surface area contributed by atoms with Crippen LogP contribution in [0.25, 0.3) is 0 Å². The fourth-order valence-electron chi connectivity index (χ4n) is 2.95. The average molecular weight is 370 g/mol. The molecular weight excluding hydrogens is 351 g/mol. The summed E-state index contributed by atoms with van der Waals surface area (Å²) in [5.74, 6) is -1.38. The Morgan fingerprint density at radius 3 is 2.48 bits per heavy atom. The zero-order valence-electron chi connectivity index (χ0n) is 14.7. The number of nitrogens with zero attached hydrogens (tertiary/aromatic N) is 2. The summed E-state index contributed by atoms with van der Waals surface area (Å²) < 4.78 is 17.9. The molecular formula is C20H19FN2O4. The molecule has 0 unspecified atom stereocenters. The van der Waals surface area contributed by atoms with Crippen LogP contribution in [-0.4, -0.2) is 47.0 Å². The first-order valence-corrected chi connectivity index (χ1v) is 8.46. The van der Waals surface area contributed by atoms with Crippen LogP contribution in [0.15, 0.2) is 59.7 Å². The molecule has 1 amide bonds. The Hall–Kier alpha value is -3.06. The van der Waals surface area contributed by atoms with E-state index in [4.69, 9.17) is 0 Å². The normalized spacial score (nSPS) is 19.4. The van der Waals surface area contributed by atoms with Gasteiger partial charge in [0.2, 0.25) is 0 Å². The predicted molar refractivity (Wildman–Crippen MR) is 96.6 cm³/mol. The first kappa shape index (κ1) is 18.7. The number of rotatable bonds is 4. The van der Waals surface area contributed by atoms with Crippen molar-refractivity contribution in [3.63, 3.8) is 0 Å². The van der Waals surface area contributed by atoms with E-state index in [0.717, 1.165) is 5.01 Å². The summed E-state index contributed by atoms with van der Waals surface area (Å²) in [6.07, 6.45) is -1.07. The fraction of sp³-hybridized carbons (Fsp3) is 0.250. The van der Waals surface area contributed by atoms with E-state index in [1.807, 2.05) is 0 Å². The SMILES string of the molecule is COC(=O)C[C@@H]1[C@H](O)CC(c2ccc(F)cc2)=NN1C(=O)c1ccccc1. The maximum atomic E-state index is 13.2. The van der Waals surface area contributed by atoms with Gasteiger partial charge in [-0.05, 0) is 29.8 Å². The van der Waals surface area contributed by atoms with E-state index in [2.05, 4.69) is 9.84 Å². The van der Waals surface area contributed by atoms with Crippen molar-refractivity contribution in [2.75, 3.05) is 7.11 Å². The lowest BCUT2D eigenvalue weighted by molar-refractivity contribution is -0.143. The van der Waals surface area contributed by atoms with Crippen molar-refractivity contribution in [3.05, 3.63) is 71.5 Å². The topological polar surface area (TPSA) is 79.2 Å². The van der Waals surface area contributed by atoms with Gasteiger partial charge in [-0.3, -0.25) is 9.59 Å². The third kappa shape index (κ3) is 4.20. The Balaban J connectivity index is 1.99. The molecule has 7 heteroatoms. The molecule has 1 N–H and O–H groups in total. The number of hydrogen-bond acceptors (Lipinski definition) is 5. The number of carbonyl (C=O) groups is 2. The van der Waals surface area contributed by atoms with Crippen LogP contribution in [0.4, 0.5) is 4.39 Å². The highest BCUT2D eigenvalue weighted by Crippen LogP contribution is 2.25. The van der Waals surface area contributed by atoms with Crippen LogP contribution < -0.4 is 0 Å². The quantitative estimate of drug-likeness (QED) is 0.838. The van der Waals surface area contributed by atoms with Gasteiger partial charge in [0.25, 0.3) is 5.91 Å². The van der Waals surface area contributed by atoms with Crippen molar-refractivity contribution in [2.24, 2.45) is 5.10 Å². The zero-order valence-corrected chi connectivity index (χ0v) is 14.7. The monoisotopic (exact) mass is 370 g/mol. The van der Waals surface area contributed by atoms with Gasteiger partial charge in [0.1, 0.15) is 5.82 Å². The largest absolute Gasteiger partial charge is 0.469 e. The maximum Gasteiger partial charge on any atom is 0.307 e. The number of aliphatic hydroxyl groups excluding tert-OH is 1. The summed E-state index contributed by atoms with van der Waals surface area (Å²) in [6, 6.07) is 13.3. The van der Waals surface area contributed by atoms with E-state index in [0.29, 0.717) is 16.8 Å². The number of hydrazone groups is 1. The van der Waals surface area contributed by atoms with Crippen LogP contribution in [-0.2, 0) is 9.53 Å². The molecule has 2 aromatic rings. The summed E-state index contributed by atoms with van der Waals surface area (Å²) in [4.78, 5) is 24.7. The molecule has 6 nitrogen and oxygen atoms in total. The number of amides is 1. The first-order chi connectivity index (χ1) is 13.0. The number of halogens is 1. The summed E-state index contributed by atoms with van der Waals surface area (Å²) in [7, 11) is 1.24. The molecule has 0 aliphatic carbocycles. The zero-order chi connectivity index (χ0) is 19.4. The Kier molecular flexibility index (Phi) is 5.61. The number of hydrogen-bond donors (Lipinski definition) is 1. The van der Waals surface area contributed by atoms with Crippen molar-refractivity contribution >= 4 is 17.6 Å². The number of ether oxygens (including phenoxy) is 1. The summed E-state index contributed by atoms with van der Waals surface area (Å²) >= 11 is 0. The molecule has 0 bridgehead atoms. The minimum Gasteiger partial charge on any atom is -0.469 e. The smallest absolute Gasteiger partial charge is 0.307 e. The predicted octanol–water partition coefficient (Wildman–Crippen LogP) is 2.37. The van der Waals surface area contributed by atoms with Gasteiger partial charge in [-0.25, -0.2) is 9.40 Å². The fourth-order valence-corrected chi connectivity index (χ4v) is 2.95. The molecule has 140 valence electrons. The molecule has 3 rings (SSSR count). The van der Waals surface area contributed by atoms with Crippen LogP contribution in [0.5, 0.6) is 0 Å². The Labute approximate surface area is 155 Å². The van der Waals surface area contributed by atoms with Crippen molar-refractivity contribution in [1.82, 2.24) is 5.01 Å². The number of esters is 1. The van der Waals surface area contributed by atoms with Crippen LogP contribution in [0.3, 0.4) is 0 Å². The third-order valence-electron chi connectivity index (χ3n) is 4.40. The second-order valence-corrected chi connectivity index (χ2v) is 6.19. The standard InChI is InChI=1S/C20H19FN2O4/c1-27-19(25)12-17-18(24)11-16(13-7-9-15(21)10-8-13)22-23(17)20(26)14-5-3-2-4-6-14/h2-10,17-18,24H,11-12H2,1H3/t17-,18-/m1/s1. The number of carbonyl (C=O) groups excluding carboxylic acids is 2. The minimum atomic E-state index is -1.02. The Bertz CT molecular complexity index is 852. The maximum absolute atomic E-state index is 13.2. The van der Waals surface area contributed by atoms with Gasteiger partial charge in [-0.1, -0.05) is 30.3 Å². The van der Waals surface area contributed by atoms with Crippen LogP contribution in [0.2, 0.25) is 0 Å². The van der Waals surface area contributed by atoms with Gasteiger partial charge in [0, 0.05) is 12.0 Å². The molecule has 2 atom stereocenters. The number of aliphatic hydroxyl groups is 1. The molecule has 0 aromatic heterocycles. The Morgan fingerprint density at radius 2 is 1.85 bits per heavy atom. The highest BCUT2D eigenvalue weighted by atomic mass is 19.1. The average Bonchev–Trinajstić information content (AvgIpc) is 2.69. The van der Waals surface area contributed by atoms with Gasteiger partial charge in [-0.15, -0.1) is 0 Å². The molecule has 27 heavy (non-hydrogen) atoms. The van der Waals surface area contributed by atoms with Crippen molar-refractivity contribution in [1.29, 1.82) is 0 Å². The lowest BCUT2D eigenvalue weighted by atomic mass is 9.95. The molecule has 2 aromatic carbocycles. The number of benzene rings is 2. The second-order valence-electron chi connectivity index (χ2n) is 6.19. The molecule has 0 saturated carbocycles. The van der Waals surface area contributed by atoms with Crippen LogP contribution in [0, 0.1) is 5.82 Å². The summed E-state index contributed by atoms with van der Waals surface area (Å²) in [6.45, 7) is 0. The van der Waals surface area contributed by atoms with E-state index >= 15 is 0 Å². The van der Waals surface area contributed by atoms with Gasteiger partial charge in [-0.2, -0.15) is 5.10 Å². The second kappa shape index (κ2) is 8.09. The van der Waals surface area contributed by atoms with Crippen molar-refractivity contribution in [3.8, 4) is 0 Å². The van der Waals surface area contributed by atoms with Crippen LogP contribution >= 0.6 is 0 Å². The highest BCUT2D eigenvalue weighted by molar-refractivity contribution is 6.03. The number of methoxy groups -OCH3 is 1. The van der Waals surface area contributed by atoms with E-state index in [1.54, 1.807) is 30.3 Å². The lowest BCUT2D eigenvalue weighted by Crippen LogP contribution is -2.50. The molecule has 1 heterocycles. The molecule has 1 aliphatic rings. The molecule has 0 fully saturated rings. The molecule has 0 radical (unpaired) electrons. The summed E-state index contributed by atoms with van der Waals surface area (Å²) in [5, 5.41) is 16.1. The highest BCUT2D eigenvalue weighted by Gasteiger charge is 2.37. The third-order valence-corrected chi connectivity index (χ3v) is 4.40. The van der Waals surface area contributed by atoms with Gasteiger partial charge in [0.05, 0.1) is 31.4 Å². The van der Waals surface area contributed by atoms with Gasteiger partial charge >= 0.3 is 5.97 Å². The van der Waals surface area contributed by atoms with Gasteiger partial charge < -0.3 is 9.84 Å². The molecule has 1 aliphatic heterocycles. The van der Waals surface area contributed by atoms with Crippen molar-refractivity contribution in [2.45, 2.75) is 25.0 Å². The van der Waals surface area contributed by atoms with E-state index < -0.39 is 29.8 Å². The summed E-state index contributed by atoms with van der Waals surface area (Å²) in [5.41, 5.74) is 1.41. The minimum absolute atomic E-state index is 0.131. The van der Waals surface area contributed by atoms with Gasteiger partial charge in [0.15, 0.2) is 0 Å². The first-order valence-electron chi connectivity index (χ1n) is 8.46. The van der Waals surface area contributed by atoms with E-state index in [-0.39, 0.29) is 12.8 Å². The molecule has 0 spiro atoms. The van der Waals surface area contributed by atoms with E-state index in [1.165, 1.54) is 31.4 Å².